The summed E-state index contributed by atoms with van der Waals surface area (Å²) in [5.41, 5.74) is 5.59. The molecule has 1 aliphatic heterocycles. The minimum atomic E-state index is 0.476. The van der Waals surface area contributed by atoms with Gasteiger partial charge in [-0.25, -0.2) is 0 Å². The SMILES string of the molecule is CN1Cc2cc3[nH]ccc3cc2C(c2ccccc2)C1. The zero-order chi connectivity index (χ0) is 13.5. The van der Waals surface area contributed by atoms with E-state index in [9.17, 15) is 0 Å². The van der Waals surface area contributed by atoms with Gasteiger partial charge in [0.15, 0.2) is 0 Å². The van der Waals surface area contributed by atoms with E-state index in [0.29, 0.717) is 5.92 Å². The molecule has 20 heavy (non-hydrogen) atoms. The van der Waals surface area contributed by atoms with Crippen molar-refractivity contribution in [2.75, 3.05) is 13.6 Å². The van der Waals surface area contributed by atoms with E-state index in [-0.39, 0.29) is 0 Å². The van der Waals surface area contributed by atoms with Crippen LogP contribution in [0.2, 0.25) is 0 Å². The molecule has 1 aliphatic rings. The summed E-state index contributed by atoms with van der Waals surface area (Å²) < 4.78 is 0. The van der Waals surface area contributed by atoms with E-state index >= 15 is 0 Å². The van der Waals surface area contributed by atoms with Gasteiger partial charge in [-0.3, -0.25) is 0 Å². The Balaban J connectivity index is 1.90. The first-order valence-corrected chi connectivity index (χ1v) is 7.14. The molecule has 0 aliphatic carbocycles. The van der Waals surface area contributed by atoms with Crippen LogP contribution in [0.3, 0.4) is 0 Å². The standard InChI is InChI=1S/C18H18N2/c1-20-11-15-10-18-14(7-8-19-18)9-16(15)17(12-20)13-5-3-2-4-6-13/h2-10,17,19H,11-12H2,1H3. The van der Waals surface area contributed by atoms with Gasteiger partial charge in [0.25, 0.3) is 0 Å². The average molecular weight is 262 g/mol. The van der Waals surface area contributed by atoms with E-state index in [1.165, 1.54) is 27.6 Å². The number of aromatic amines is 1. The second-order valence-electron chi connectivity index (χ2n) is 5.78. The average Bonchev–Trinajstić information content (AvgIpc) is 2.92. The number of nitrogens with zero attached hydrogens (tertiary/aromatic N) is 1. The number of benzene rings is 2. The highest BCUT2D eigenvalue weighted by molar-refractivity contribution is 5.81. The number of H-pyrrole nitrogens is 1. The summed E-state index contributed by atoms with van der Waals surface area (Å²) in [6.07, 6.45) is 2.03. The van der Waals surface area contributed by atoms with Crippen molar-refractivity contribution in [3.8, 4) is 0 Å². The van der Waals surface area contributed by atoms with Crippen molar-refractivity contribution < 1.29 is 0 Å². The number of fused-ring (bicyclic) bond motifs is 2. The molecule has 2 heterocycles. The van der Waals surface area contributed by atoms with Crippen LogP contribution in [0, 0.1) is 0 Å². The largest absolute Gasteiger partial charge is 0.361 e. The van der Waals surface area contributed by atoms with Crippen LogP contribution in [0.15, 0.2) is 54.7 Å². The molecule has 0 spiro atoms. The summed E-state index contributed by atoms with van der Waals surface area (Å²) in [6.45, 7) is 2.13. The van der Waals surface area contributed by atoms with Crippen molar-refractivity contribution in [3.05, 3.63) is 71.4 Å². The minimum Gasteiger partial charge on any atom is -0.361 e. The van der Waals surface area contributed by atoms with E-state index in [2.05, 4.69) is 65.5 Å². The molecule has 0 saturated heterocycles. The molecule has 0 saturated carbocycles. The Morgan fingerprint density at radius 3 is 2.80 bits per heavy atom. The predicted molar refractivity (Wildman–Crippen MR) is 82.9 cm³/mol. The summed E-state index contributed by atoms with van der Waals surface area (Å²) >= 11 is 0. The van der Waals surface area contributed by atoms with Crippen LogP contribution in [0.25, 0.3) is 10.9 Å². The normalized spacial score (nSPS) is 19.1. The van der Waals surface area contributed by atoms with Crippen LogP contribution in [-0.2, 0) is 6.54 Å². The van der Waals surface area contributed by atoms with E-state index in [0.717, 1.165) is 13.1 Å². The number of aromatic nitrogens is 1. The lowest BCUT2D eigenvalue weighted by Gasteiger charge is -2.32. The number of nitrogens with one attached hydrogen (secondary N) is 1. The summed E-state index contributed by atoms with van der Waals surface area (Å²) in [7, 11) is 2.21. The van der Waals surface area contributed by atoms with E-state index < -0.39 is 0 Å². The van der Waals surface area contributed by atoms with Gasteiger partial charge in [0.1, 0.15) is 0 Å². The highest BCUT2D eigenvalue weighted by Crippen LogP contribution is 2.35. The molecule has 1 atom stereocenters. The number of hydrogen-bond acceptors (Lipinski definition) is 1. The van der Waals surface area contributed by atoms with Crippen LogP contribution in [0.1, 0.15) is 22.6 Å². The van der Waals surface area contributed by atoms with Crippen molar-refractivity contribution in [1.29, 1.82) is 0 Å². The first-order chi connectivity index (χ1) is 9.81. The topological polar surface area (TPSA) is 19.0 Å². The van der Waals surface area contributed by atoms with Gasteiger partial charge in [-0.1, -0.05) is 30.3 Å². The van der Waals surface area contributed by atoms with Crippen molar-refractivity contribution in [1.82, 2.24) is 9.88 Å². The monoisotopic (exact) mass is 262 g/mol. The minimum absolute atomic E-state index is 0.476. The fourth-order valence-corrected chi connectivity index (χ4v) is 3.36. The van der Waals surface area contributed by atoms with E-state index in [4.69, 9.17) is 0 Å². The van der Waals surface area contributed by atoms with Crippen LogP contribution < -0.4 is 0 Å². The molecule has 3 aromatic rings. The van der Waals surface area contributed by atoms with Crippen molar-refractivity contribution in [3.63, 3.8) is 0 Å². The van der Waals surface area contributed by atoms with Gasteiger partial charge in [0.2, 0.25) is 0 Å². The summed E-state index contributed by atoms with van der Waals surface area (Å²) in [6, 6.07) is 17.7. The zero-order valence-corrected chi connectivity index (χ0v) is 11.6. The molecular formula is C18H18N2. The Morgan fingerprint density at radius 2 is 1.95 bits per heavy atom. The van der Waals surface area contributed by atoms with Crippen LogP contribution in [0.4, 0.5) is 0 Å². The Bertz CT molecular complexity index is 742. The Labute approximate surface area is 119 Å². The lowest BCUT2D eigenvalue weighted by Crippen LogP contribution is -2.30. The van der Waals surface area contributed by atoms with E-state index in [1.54, 1.807) is 0 Å². The molecule has 1 unspecified atom stereocenters. The van der Waals surface area contributed by atoms with Crippen molar-refractivity contribution >= 4 is 10.9 Å². The molecule has 0 amide bonds. The highest BCUT2D eigenvalue weighted by atomic mass is 15.1. The quantitative estimate of drug-likeness (QED) is 0.707. The van der Waals surface area contributed by atoms with Crippen molar-refractivity contribution in [2.24, 2.45) is 0 Å². The Kier molecular flexibility index (Phi) is 2.64. The molecule has 100 valence electrons. The maximum absolute atomic E-state index is 3.32. The third-order valence-electron chi connectivity index (χ3n) is 4.32. The molecule has 4 rings (SSSR count). The van der Waals surface area contributed by atoms with Gasteiger partial charge in [-0.05, 0) is 47.3 Å². The summed E-state index contributed by atoms with van der Waals surface area (Å²) in [4.78, 5) is 5.73. The number of hydrogen-bond donors (Lipinski definition) is 1. The van der Waals surface area contributed by atoms with Crippen LogP contribution in [0.5, 0.6) is 0 Å². The van der Waals surface area contributed by atoms with Gasteiger partial charge >= 0.3 is 0 Å². The summed E-state index contributed by atoms with van der Waals surface area (Å²) in [5.74, 6) is 0.476. The molecular weight excluding hydrogens is 244 g/mol. The zero-order valence-electron chi connectivity index (χ0n) is 11.6. The smallest absolute Gasteiger partial charge is 0.0457 e. The fraction of sp³-hybridized carbons (Fsp3) is 0.222. The summed E-state index contributed by atoms with van der Waals surface area (Å²) in [5, 5.41) is 1.31. The fourth-order valence-electron chi connectivity index (χ4n) is 3.36. The molecule has 1 aromatic heterocycles. The van der Waals surface area contributed by atoms with Crippen molar-refractivity contribution in [2.45, 2.75) is 12.5 Å². The third-order valence-corrected chi connectivity index (χ3v) is 4.32. The number of rotatable bonds is 1. The molecule has 2 heteroatoms. The van der Waals surface area contributed by atoms with Gasteiger partial charge in [0.05, 0.1) is 0 Å². The van der Waals surface area contributed by atoms with Gasteiger partial charge in [0, 0.05) is 30.7 Å². The second kappa shape index (κ2) is 4.50. The van der Waals surface area contributed by atoms with Crippen LogP contribution in [-0.4, -0.2) is 23.5 Å². The lowest BCUT2D eigenvalue weighted by molar-refractivity contribution is 0.295. The molecule has 0 bridgehead atoms. The Hall–Kier alpha value is -2.06. The maximum Gasteiger partial charge on any atom is 0.0457 e. The number of likely N-dealkylation sites (N-methyl/N-ethyl adjacent to an activating group) is 1. The molecule has 2 aromatic carbocycles. The predicted octanol–water partition coefficient (Wildman–Crippen LogP) is 3.75. The maximum atomic E-state index is 3.32. The van der Waals surface area contributed by atoms with Gasteiger partial charge < -0.3 is 9.88 Å². The first kappa shape index (κ1) is 11.7. The van der Waals surface area contributed by atoms with Crippen LogP contribution >= 0.6 is 0 Å². The first-order valence-electron chi connectivity index (χ1n) is 7.14. The van der Waals surface area contributed by atoms with Gasteiger partial charge in [-0.2, -0.15) is 0 Å². The Morgan fingerprint density at radius 1 is 1.10 bits per heavy atom. The molecule has 2 nitrogen and oxygen atoms in total. The molecule has 1 N–H and O–H groups in total. The van der Waals surface area contributed by atoms with Gasteiger partial charge in [-0.15, -0.1) is 0 Å². The third kappa shape index (κ3) is 1.84. The molecule has 0 fully saturated rings. The second-order valence-corrected chi connectivity index (χ2v) is 5.78. The highest BCUT2D eigenvalue weighted by Gasteiger charge is 2.25. The van der Waals surface area contributed by atoms with E-state index in [1.807, 2.05) is 6.20 Å². The molecule has 0 radical (unpaired) electrons. The lowest BCUT2D eigenvalue weighted by atomic mass is 9.84.